The number of aryl methyl sites for hydroxylation is 2. The van der Waals surface area contributed by atoms with Crippen LogP contribution in [0.3, 0.4) is 0 Å². The first kappa shape index (κ1) is 19.1. The number of hydrogen-bond donors (Lipinski definition) is 0. The van der Waals surface area contributed by atoms with Crippen LogP contribution in [0.2, 0.25) is 0 Å². The molecule has 0 aliphatic heterocycles. The van der Waals surface area contributed by atoms with E-state index >= 15 is 0 Å². The van der Waals surface area contributed by atoms with Gasteiger partial charge in [0, 0.05) is 24.4 Å². The van der Waals surface area contributed by atoms with Crippen LogP contribution in [0.25, 0.3) is 11.1 Å². The highest BCUT2D eigenvalue weighted by Crippen LogP contribution is 2.34. The Morgan fingerprint density at radius 2 is 1.42 bits per heavy atom. The molecule has 1 aromatic heterocycles. The minimum atomic E-state index is 0.887. The van der Waals surface area contributed by atoms with Gasteiger partial charge in [0.25, 0.3) is 0 Å². The van der Waals surface area contributed by atoms with Crippen molar-refractivity contribution in [1.29, 1.82) is 0 Å². The van der Waals surface area contributed by atoms with Crippen molar-refractivity contribution in [2.24, 2.45) is 11.8 Å². The maximum Gasteiger partial charge on any atom is 0.128 e. The quantitative estimate of drug-likeness (QED) is 0.491. The van der Waals surface area contributed by atoms with Gasteiger partial charge in [-0.05, 0) is 30.7 Å². The van der Waals surface area contributed by atoms with E-state index in [4.69, 9.17) is 0 Å². The fourth-order valence-electron chi connectivity index (χ4n) is 4.20. The van der Waals surface area contributed by atoms with Crippen molar-refractivity contribution in [3.63, 3.8) is 0 Å². The molecule has 2 heteroatoms. The fraction of sp³-hybridized carbons (Fsp3) is 0.583. The zero-order valence-corrected chi connectivity index (χ0v) is 16.6. The first-order valence-electron chi connectivity index (χ1n) is 10.6. The van der Waals surface area contributed by atoms with Crippen molar-refractivity contribution in [2.45, 2.75) is 78.1 Å². The molecule has 0 N–H and O–H groups in total. The topological polar surface area (TPSA) is 25.8 Å². The molecule has 3 rings (SSSR count). The summed E-state index contributed by atoms with van der Waals surface area (Å²) in [6, 6.07) is 8.57. The first-order chi connectivity index (χ1) is 12.7. The molecule has 140 valence electrons. The van der Waals surface area contributed by atoms with Gasteiger partial charge in [-0.25, -0.2) is 9.97 Å². The smallest absolute Gasteiger partial charge is 0.128 e. The van der Waals surface area contributed by atoms with E-state index in [9.17, 15) is 0 Å². The number of hydrogen-bond acceptors (Lipinski definition) is 2. The Bertz CT molecular complexity index is 637. The summed E-state index contributed by atoms with van der Waals surface area (Å²) in [5, 5.41) is 0. The molecule has 0 unspecified atom stereocenters. The molecular weight excluding hydrogens is 316 g/mol. The molecule has 1 heterocycles. The molecule has 0 spiro atoms. The van der Waals surface area contributed by atoms with Crippen molar-refractivity contribution in [3.8, 4) is 11.1 Å². The minimum Gasteiger partial charge on any atom is -0.241 e. The number of nitrogens with zero attached hydrogens (tertiary/aromatic N) is 2. The molecular formula is C24H34N2. The lowest BCUT2D eigenvalue weighted by Gasteiger charge is -2.28. The molecule has 1 aliphatic carbocycles. The normalized spacial score (nSPS) is 20.2. The van der Waals surface area contributed by atoms with Crippen LogP contribution in [0.15, 0.2) is 36.7 Å². The molecule has 2 nitrogen and oxygen atoms in total. The van der Waals surface area contributed by atoms with E-state index in [1.165, 1.54) is 68.9 Å². The largest absolute Gasteiger partial charge is 0.241 e. The summed E-state index contributed by atoms with van der Waals surface area (Å²) in [7, 11) is 0. The van der Waals surface area contributed by atoms with Crippen molar-refractivity contribution < 1.29 is 0 Å². The summed E-state index contributed by atoms with van der Waals surface area (Å²) in [6.07, 6.45) is 17.6. The molecule has 1 aliphatic rings. The molecule has 1 aromatic carbocycles. The average molecular weight is 351 g/mol. The number of benzene rings is 1. The molecule has 2 aromatic rings. The van der Waals surface area contributed by atoms with Gasteiger partial charge in [-0.2, -0.15) is 0 Å². The zero-order valence-electron chi connectivity index (χ0n) is 16.6. The third-order valence-corrected chi connectivity index (χ3v) is 6.05. The van der Waals surface area contributed by atoms with Crippen LogP contribution in [0, 0.1) is 18.8 Å². The summed E-state index contributed by atoms with van der Waals surface area (Å²) in [5.74, 6) is 2.89. The van der Waals surface area contributed by atoms with E-state index in [0.717, 1.165) is 29.6 Å². The Morgan fingerprint density at radius 3 is 2.04 bits per heavy atom. The minimum absolute atomic E-state index is 0.887. The Morgan fingerprint density at radius 1 is 0.808 bits per heavy atom. The zero-order chi connectivity index (χ0) is 18.2. The second-order valence-corrected chi connectivity index (χ2v) is 8.18. The monoisotopic (exact) mass is 350 g/mol. The highest BCUT2D eigenvalue weighted by atomic mass is 14.9. The molecule has 0 bridgehead atoms. The summed E-state index contributed by atoms with van der Waals surface area (Å²) in [4.78, 5) is 9.23. The summed E-state index contributed by atoms with van der Waals surface area (Å²) in [5.41, 5.74) is 3.59. The van der Waals surface area contributed by atoms with Gasteiger partial charge < -0.3 is 0 Å². The van der Waals surface area contributed by atoms with E-state index in [1.54, 1.807) is 0 Å². The van der Waals surface area contributed by atoms with Gasteiger partial charge >= 0.3 is 0 Å². The van der Waals surface area contributed by atoms with Gasteiger partial charge in [0.15, 0.2) is 0 Å². The molecule has 1 saturated carbocycles. The van der Waals surface area contributed by atoms with Crippen LogP contribution >= 0.6 is 0 Å². The lowest BCUT2D eigenvalue weighted by Crippen LogP contribution is -2.15. The summed E-state index contributed by atoms with van der Waals surface area (Å²) in [6.45, 7) is 4.41. The van der Waals surface area contributed by atoms with Crippen LogP contribution in [-0.2, 0) is 6.42 Å². The molecule has 0 radical (unpaired) electrons. The van der Waals surface area contributed by atoms with Crippen LogP contribution in [-0.4, -0.2) is 9.97 Å². The van der Waals surface area contributed by atoms with E-state index in [0.29, 0.717) is 0 Å². The second kappa shape index (κ2) is 9.85. The first-order valence-corrected chi connectivity index (χ1v) is 10.6. The van der Waals surface area contributed by atoms with Crippen molar-refractivity contribution in [2.75, 3.05) is 0 Å². The standard InChI is InChI=1S/C24H34N2/c1-3-4-5-6-20-9-11-21(12-10-20)13-16-24-25-17-23(18-26-24)22-14-7-19(2)8-15-22/h7-8,14-15,17-18,20-21H,3-6,9-13,16H2,1-2H3/t20-,21-. The van der Waals surface area contributed by atoms with Crippen LogP contribution in [0.5, 0.6) is 0 Å². The van der Waals surface area contributed by atoms with E-state index in [2.05, 4.69) is 48.1 Å². The summed E-state index contributed by atoms with van der Waals surface area (Å²) >= 11 is 0. The molecule has 1 fully saturated rings. The Kier molecular flexibility index (Phi) is 7.22. The van der Waals surface area contributed by atoms with Crippen molar-refractivity contribution >= 4 is 0 Å². The van der Waals surface area contributed by atoms with Gasteiger partial charge in [-0.3, -0.25) is 0 Å². The Labute approximate surface area is 159 Å². The highest BCUT2D eigenvalue weighted by molar-refractivity contribution is 5.61. The predicted octanol–water partition coefficient (Wildman–Crippen LogP) is 6.77. The fourth-order valence-corrected chi connectivity index (χ4v) is 4.20. The lowest BCUT2D eigenvalue weighted by atomic mass is 9.78. The van der Waals surface area contributed by atoms with Gasteiger partial charge in [0.2, 0.25) is 0 Å². The van der Waals surface area contributed by atoms with Crippen molar-refractivity contribution in [3.05, 3.63) is 48.0 Å². The number of aromatic nitrogens is 2. The van der Waals surface area contributed by atoms with Crippen LogP contribution in [0.1, 0.15) is 76.1 Å². The van der Waals surface area contributed by atoms with Crippen molar-refractivity contribution in [1.82, 2.24) is 9.97 Å². The van der Waals surface area contributed by atoms with E-state index in [-0.39, 0.29) is 0 Å². The molecule has 0 saturated heterocycles. The number of unbranched alkanes of at least 4 members (excludes halogenated alkanes) is 2. The van der Waals surface area contributed by atoms with Gasteiger partial charge in [0.05, 0.1) is 0 Å². The van der Waals surface area contributed by atoms with Crippen LogP contribution < -0.4 is 0 Å². The third-order valence-electron chi connectivity index (χ3n) is 6.05. The van der Waals surface area contributed by atoms with Gasteiger partial charge in [-0.15, -0.1) is 0 Å². The average Bonchev–Trinajstić information content (AvgIpc) is 2.69. The second-order valence-electron chi connectivity index (χ2n) is 8.18. The molecule has 0 atom stereocenters. The van der Waals surface area contributed by atoms with Crippen LogP contribution in [0.4, 0.5) is 0 Å². The van der Waals surface area contributed by atoms with Gasteiger partial charge in [-0.1, -0.05) is 88.1 Å². The third kappa shape index (κ3) is 5.65. The SMILES string of the molecule is CCCCC[C@H]1CC[C@H](CCc2ncc(-c3ccc(C)cc3)cn2)CC1. The molecule has 0 amide bonds. The molecule has 26 heavy (non-hydrogen) atoms. The van der Waals surface area contributed by atoms with E-state index < -0.39 is 0 Å². The highest BCUT2D eigenvalue weighted by Gasteiger charge is 2.20. The van der Waals surface area contributed by atoms with Gasteiger partial charge in [0.1, 0.15) is 5.82 Å². The number of rotatable bonds is 8. The van der Waals surface area contributed by atoms with E-state index in [1.807, 2.05) is 12.4 Å². The lowest BCUT2D eigenvalue weighted by molar-refractivity contribution is 0.248. The maximum atomic E-state index is 4.62. The Balaban J connectivity index is 1.42. The summed E-state index contributed by atoms with van der Waals surface area (Å²) < 4.78 is 0. The Hall–Kier alpha value is -1.70. The maximum absolute atomic E-state index is 4.62. The predicted molar refractivity (Wildman–Crippen MR) is 110 cm³/mol.